The minimum atomic E-state index is -0.0570. The molecule has 1 N–H and O–H groups in total. The highest BCUT2D eigenvalue weighted by Gasteiger charge is 2.31. The van der Waals surface area contributed by atoms with Gasteiger partial charge in [0.1, 0.15) is 28.9 Å². The Hall–Kier alpha value is -1.99. The molecular weight excluding hydrogens is 322 g/mol. The fraction of sp³-hybridized carbons (Fsp3) is 0.471. The van der Waals surface area contributed by atoms with E-state index in [4.69, 9.17) is 4.74 Å². The average Bonchev–Trinajstić information content (AvgIpc) is 3.21. The van der Waals surface area contributed by atoms with Crippen molar-refractivity contribution < 1.29 is 4.74 Å². The topological polar surface area (TPSA) is 64.9 Å². The first-order chi connectivity index (χ1) is 11.8. The van der Waals surface area contributed by atoms with Crippen LogP contribution in [0.5, 0.6) is 0 Å². The van der Waals surface area contributed by atoms with E-state index in [-0.39, 0.29) is 12.1 Å². The molecule has 3 aromatic heterocycles. The first-order valence-electron chi connectivity index (χ1n) is 8.36. The summed E-state index contributed by atoms with van der Waals surface area (Å²) in [5.41, 5.74) is 0. The highest BCUT2D eigenvalue weighted by Crippen LogP contribution is 2.33. The van der Waals surface area contributed by atoms with E-state index >= 15 is 0 Å². The Morgan fingerprint density at radius 2 is 2.29 bits per heavy atom. The monoisotopic (exact) mass is 343 g/mol. The number of fused-ring (bicyclic) bond motifs is 1. The maximum absolute atomic E-state index is 6.08. The lowest BCUT2D eigenvalue weighted by atomic mass is 10.0. The van der Waals surface area contributed by atoms with Crippen LogP contribution in [0.3, 0.4) is 0 Å². The number of hydrogen-bond acceptors (Lipinski definition) is 6. The molecule has 0 bridgehead atoms. The molecule has 1 fully saturated rings. The number of hydrogen-bond donors (Lipinski definition) is 1. The van der Waals surface area contributed by atoms with Gasteiger partial charge in [-0.05, 0) is 32.8 Å². The molecule has 2 atom stereocenters. The maximum atomic E-state index is 6.08. The summed E-state index contributed by atoms with van der Waals surface area (Å²) >= 11 is 1.69. The summed E-state index contributed by atoms with van der Waals surface area (Å²) in [5.74, 6) is 1.88. The first kappa shape index (κ1) is 15.5. The third kappa shape index (κ3) is 2.78. The van der Waals surface area contributed by atoms with Crippen LogP contribution >= 0.6 is 11.3 Å². The summed E-state index contributed by atoms with van der Waals surface area (Å²) in [6.07, 6.45) is 7.51. The summed E-state index contributed by atoms with van der Waals surface area (Å²) in [4.78, 5) is 15.6. The maximum Gasteiger partial charge on any atom is 0.140 e. The molecule has 0 aliphatic carbocycles. The minimum Gasteiger partial charge on any atom is -0.368 e. The number of nitrogens with one attached hydrogen (secondary N) is 1. The second-order valence-electron chi connectivity index (χ2n) is 6.05. The second-order valence-corrected chi connectivity index (χ2v) is 7.29. The second kappa shape index (κ2) is 6.49. The van der Waals surface area contributed by atoms with E-state index in [1.165, 1.54) is 4.88 Å². The Balaban J connectivity index is 1.66. The van der Waals surface area contributed by atoms with E-state index < -0.39 is 0 Å². The number of nitrogens with zero attached hydrogens (tertiary/aromatic N) is 4. The molecule has 3 aromatic rings. The van der Waals surface area contributed by atoms with Crippen LogP contribution in [-0.4, -0.2) is 32.2 Å². The van der Waals surface area contributed by atoms with Gasteiger partial charge in [-0.1, -0.05) is 0 Å². The predicted octanol–water partition coefficient (Wildman–Crippen LogP) is 3.55. The molecule has 1 saturated heterocycles. The standard InChI is InChI=1S/C17H21N5OS/c1-3-22-7-6-18-16(22)14-13(5-4-8-23-14)21-15-12-9-11(2)24-17(12)20-10-19-15/h6-7,9-10,13-14H,3-5,8H2,1-2H3,(H,19,20,21)/t13-,14-/m0/s1. The first-order valence-corrected chi connectivity index (χ1v) is 9.18. The van der Waals surface area contributed by atoms with Gasteiger partial charge in [0.05, 0.1) is 11.4 Å². The molecular formula is C17H21N5OS. The van der Waals surface area contributed by atoms with Crippen molar-refractivity contribution in [1.82, 2.24) is 19.5 Å². The number of thiophene rings is 1. The zero-order valence-corrected chi connectivity index (χ0v) is 14.7. The van der Waals surface area contributed by atoms with Gasteiger partial charge in [-0.3, -0.25) is 0 Å². The molecule has 126 valence electrons. The third-order valence-corrected chi connectivity index (χ3v) is 5.40. The van der Waals surface area contributed by atoms with Crippen molar-refractivity contribution in [3.05, 3.63) is 35.5 Å². The van der Waals surface area contributed by atoms with E-state index in [1.54, 1.807) is 17.7 Å². The fourth-order valence-electron chi connectivity index (χ4n) is 3.30. The smallest absolute Gasteiger partial charge is 0.140 e. The number of ether oxygens (including phenoxy) is 1. The van der Waals surface area contributed by atoms with Crippen LogP contribution in [0.25, 0.3) is 10.2 Å². The van der Waals surface area contributed by atoms with Gasteiger partial charge < -0.3 is 14.6 Å². The Morgan fingerprint density at radius 1 is 1.38 bits per heavy atom. The van der Waals surface area contributed by atoms with Crippen LogP contribution in [0.15, 0.2) is 24.8 Å². The molecule has 0 amide bonds. The van der Waals surface area contributed by atoms with E-state index in [2.05, 4.69) is 44.7 Å². The van der Waals surface area contributed by atoms with E-state index in [9.17, 15) is 0 Å². The number of rotatable bonds is 4. The molecule has 6 nitrogen and oxygen atoms in total. The summed E-state index contributed by atoms with van der Waals surface area (Å²) in [7, 11) is 0. The van der Waals surface area contributed by atoms with E-state index in [0.29, 0.717) is 0 Å². The van der Waals surface area contributed by atoms with Crippen molar-refractivity contribution in [3.8, 4) is 0 Å². The summed E-state index contributed by atoms with van der Waals surface area (Å²) in [6.45, 7) is 5.89. The molecule has 4 rings (SSSR count). The zero-order valence-electron chi connectivity index (χ0n) is 13.9. The van der Waals surface area contributed by atoms with Gasteiger partial charge in [0, 0.05) is 30.4 Å². The van der Waals surface area contributed by atoms with Crippen LogP contribution in [-0.2, 0) is 11.3 Å². The molecule has 7 heteroatoms. The van der Waals surface area contributed by atoms with Gasteiger partial charge in [0.15, 0.2) is 0 Å². The van der Waals surface area contributed by atoms with Crippen LogP contribution in [0.1, 0.15) is 36.6 Å². The summed E-state index contributed by atoms with van der Waals surface area (Å²) in [5, 5.41) is 4.69. The van der Waals surface area contributed by atoms with Crippen LogP contribution in [0, 0.1) is 6.92 Å². The molecule has 0 radical (unpaired) electrons. The Bertz CT molecular complexity index is 842. The molecule has 0 saturated carbocycles. The normalized spacial score (nSPS) is 21.2. The quantitative estimate of drug-likeness (QED) is 0.785. The minimum absolute atomic E-state index is 0.0570. The molecule has 0 spiro atoms. The number of imidazole rings is 1. The van der Waals surface area contributed by atoms with Gasteiger partial charge in [-0.15, -0.1) is 11.3 Å². The largest absolute Gasteiger partial charge is 0.368 e. The Labute approximate surface area is 144 Å². The molecule has 0 unspecified atom stereocenters. The van der Waals surface area contributed by atoms with Gasteiger partial charge in [-0.25, -0.2) is 15.0 Å². The summed E-state index contributed by atoms with van der Waals surface area (Å²) < 4.78 is 8.23. The Morgan fingerprint density at radius 3 is 3.17 bits per heavy atom. The van der Waals surface area contributed by atoms with Gasteiger partial charge in [-0.2, -0.15) is 0 Å². The molecule has 0 aromatic carbocycles. The average molecular weight is 343 g/mol. The SMILES string of the molecule is CCn1ccnc1[C@H]1OCCC[C@@H]1Nc1ncnc2sc(C)cc12. The third-order valence-electron chi connectivity index (χ3n) is 4.44. The lowest BCUT2D eigenvalue weighted by molar-refractivity contribution is -0.00174. The van der Waals surface area contributed by atoms with E-state index in [1.807, 2.05) is 12.4 Å². The zero-order chi connectivity index (χ0) is 16.5. The van der Waals surface area contributed by atoms with Gasteiger partial charge in [0.25, 0.3) is 0 Å². The molecule has 1 aliphatic rings. The Kier molecular flexibility index (Phi) is 4.20. The predicted molar refractivity (Wildman–Crippen MR) is 95.4 cm³/mol. The van der Waals surface area contributed by atoms with Crippen molar-refractivity contribution in [1.29, 1.82) is 0 Å². The van der Waals surface area contributed by atoms with Crippen molar-refractivity contribution >= 4 is 27.4 Å². The lowest BCUT2D eigenvalue weighted by Crippen LogP contribution is -2.35. The van der Waals surface area contributed by atoms with Crippen LogP contribution < -0.4 is 5.32 Å². The highest BCUT2D eigenvalue weighted by atomic mass is 32.1. The van der Waals surface area contributed by atoms with Crippen LogP contribution in [0.4, 0.5) is 5.82 Å². The number of aromatic nitrogens is 4. The van der Waals surface area contributed by atoms with Crippen molar-refractivity contribution in [2.45, 2.75) is 45.4 Å². The highest BCUT2D eigenvalue weighted by molar-refractivity contribution is 7.18. The van der Waals surface area contributed by atoms with Crippen molar-refractivity contribution in [2.24, 2.45) is 0 Å². The van der Waals surface area contributed by atoms with Gasteiger partial charge >= 0.3 is 0 Å². The number of anilines is 1. The van der Waals surface area contributed by atoms with Crippen molar-refractivity contribution in [3.63, 3.8) is 0 Å². The molecule has 4 heterocycles. The molecule has 1 aliphatic heterocycles. The van der Waals surface area contributed by atoms with E-state index in [0.717, 1.165) is 47.9 Å². The van der Waals surface area contributed by atoms with Gasteiger partial charge in [0.2, 0.25) is 0 Å². The number of aryl methyl sites for hydroxylation is 2. The fourth-order valence-corrected chi connectivity index (χ4v) is 4.14. The lowest BCUT2D eigenvalue weighted by Gasteiger charge is -2.32. The summed E-state index contributed by atoms with van der Waals surface area (Å²) in [6, 6.07) is 2.30. The van der Waals surface area contributed by atoms with Crippen LogP contribution in [0.2, 0.25) is 0 Å². The molecule has 24 heavy (non-hydrogen) atoms. The van der Waals surface area contributed by atoms with Crippen molar-refractivity contribution in [2.75, 3.05) is 11.9 Å².